The van der Waals surface area contributed by atoms with Gasteiger partial charge in [0.25, 0.3) is 0 Å². The second kappa shape index (κ2) is 11.1. The fourth-order valence-electron chi connectivity index (χ4n) is 6.96. The third-order valence-electron chi connectivity index (χ3n) is 8.73. The number of aromatic hydroxyl groups is 1. The Balaban J connectivity index is 0.00000160. The highest BCUT2D eigenvalue weighted by Gasteiger charge is 2.52. The number of hydrogen-bond acceptors (Lipinski definition) is 2. The van der Waals surface area contributed by atoms with Crippen molar-refractivity contribution in [1.29, 1.82) is 0 Å². The van der Waals surface area contributed by atoms with Crippen LogP contribution in [0.1, 0.15) is 47.1 Å². The molecule has 1 fully saturated rings. The van der Waals surface area contributed by atoms with E-state index >= 15 is 0 Å². The van der Waals surface area contributed by atoms with Gasteiger partial charge in [0.05, 0.1) is 0 Å². The Labute approximate surface area is 226 Å². The van der Waals surface area contributed by atoms with Gasteiger partial charge in [-0.05, 0) is 65.3 Å². The summed E-state index contributed by atoms with van der Waals surface area (Å²) in [5.41, 5.74) is 6.79. The van der Waals surface area contributed by atoms with E-state index in [1.54, 1.807) is 0 Å². The van der Waals surface area contributed by atoms with Gasteiger partial charge in [-0.15, -0.1) is 12.4 Å². The molecule has 4 aromatic carbocycles. The van der Waals surface area contributed by atoms with E-state index in [1.807, 2.05) is 12.1 Å². The summed E-state index contributed by atoms with van der Waals surface area (Å²) < 4.78 is 0. The lowest BCUT2D eigenvalue weighted by Crippen LogP contribution is -2.60. The SMILES string of the molecule is CC1C2Cc3ccc(O)cc3C1(c1ccccc1)CCN2CC(c1ccccc1)c1ccccc1.Cl.O. The van der Waals surface area contributed by atoms with E-state index < -0.39 is 0 Å². The van der Waals surface area contributed by atoms with Gasteiger partial charge >= 0.3 is 0 Å². The second-order valence-electron chi connectivity index (χ2n) is 10.4. The van der Waals surface area contributed by atoms with E-state index in [0.29, 0.717) is 23.6 Å². The highest BCUT2D eigenvalue weighted by Crippen LogP contribution is 2.53. The number of fused-ring (bicyclic) bond motifs is 4. The predicted octanol–water partition coefficient (Wildman–Crippen LogP) is 6.37. The van der Waals surface area contributed by atoms with Crippen molar-refractivity contribution in [2.45, 2.75) is 37.1 Å². The van der Waals surface area contributed by atoms with E-state index in [1.165, 1.54) is 27.8 Å². The van der Waals surface area contributed by atoms with Crippen LogP contribution < -0.4 is 0 Å². The van der Waals surface area contributed by atoms with Gasteiger partial charge in [0.2, 0.25) is 0 Å². The van der Waals surface area contributed by atoms with Crippen molar-refractivity contribution in [3.63, 3.8) is 0 Å². The zero-order valence-electron chi connectivity index (χ0n) is 21.3. The molecule has 4 heteroatoms. The van der Waals surface area contributed by atoms with Gasteiger partial charge in [0.1, 0.15) is 5.75 Å². The fraction of sp³-hybridized carbons (Fsp3) is 0.273. The molecule has 1 aliphatic carbocycles. The molecular formula is C33H36ClNO2. The molecule has 1 heterocycles. The van der Waals surface area contributed by atoms with Gasteiger partial charge in [-0.1, -0.05) is 104 Å². The van der Waals surface area contributed by atoms with E-state index in [2.05, 4.69) is 109 Å². The Kier molecular flexibility index (Phi) is 8.08. The van der Waals surface area contributed by atoms with Crippen LogP contribution in [0.25, 0.3) is 0 Å². The standard InChI is InChI=1S/C33H33NO.ClH.H2O/c1-24-32-21-27-17-18-29(35)22-31(27)33(24,28-15-9-4-10-16-28)19-20-34(32)23-30(25-11-5-2-6-12-25)26-13-7-3-8-14-26;;/h2-18,22,24,30,32,35H,19-21,23H2,1H3;1H;1H2. The van der Waals surface area contributed by atoms with Gasteiger partial charge in [-0.3, -0.25) is 4.90 Å². The largest absolute Gasteiger partial charge is 0.508 e. The number of piperidine rings is 1. The van der Waals surface area contributed by atoms with Crippen LogP contribution in [0.3, 0.4) is 0 Å². The number of phenols is 1. The normalized spacial score (nSPS) is 22.4. The van der Waals surface area contributed by atoms with Gasteiger partial charge in [0, 0.05) is 23.9 Å². The molecule has 0 spiro atoms. The number of hydrogen-bond donors (Lipinski definition) is 1. The first-order chi connectivity index (χ1) is 17.2. The van der Waals surface area contributed by atoms with Crippen molar-refractivity contribution >= 4 is 12.4 Å². The average molecular weight is 514 g/mol. The highest BCUT2D eigenvalue weighted by atomic mass is 35.5. The van der Waals surface area contributed by atoms with Gasteiger partial charge in [0.15, 0.2) is 0 Å². The summed E-state index contributed by atoms with van der Waals surface area (Å²) in [6, 6.07) is 39.5. The molecule has 0 radical (unpaired) electrons. The minimum absolute atomic E-state index is 0. The number of halogens is 1. The van der Waals surface area contributed by atoms with E-state index in [9.17, 15) is 5.11 Å². The molecular weight excluding hydrogens is 478 g/mol. The third kappa shape index (κ3) is 4.68. The number of rotatable bonds is 5. The topological polar surface area (TPSA) is 55.0 Å². The molecule has 6 rings (SSSR count). The minimum atomic E-state index is -0.0657. The zero-order chi connectivity index (χ0) is 23.8. The molecule has 3 nitrogen and oxygen atoms in total. The average Bonchev–Trinajstić information content (AvgIpc) is 2.91. The molecule has 37 heavy (non-hydrogen) atoms. The number of likely N-dealkylation sites (tertiary alicyclic amines) is 1. The lowest BCUT2D eigenvalue weighted by atomic mass is 9.55. The molecule has 2 aliphatic rings. The monoisotopic (exact) mass is 513 g/mol. The van der Waals surface area contributed by atoms with E-state index in [4.69, 9.17) is 0 Å². The lowest BCUT2D eigenvalue weighted by molar-refractivity contribution is 0.0387. The minimum Gasteiger partial charge on any atom is -0.508 e. The summed E-state index contributed by atoms with van der Waals surface area (Å²) in [4.78, 5) is 2.76. The molecule has 2 bridgehead atoms. The van der Waals surface area contributed by atoms with Crippen molar-refractivity contribution < 1.29 is 10.6 Å². The van der Waals surface area contributed by atoms with Crippen molar-refractivity contribution in [2.75, 3.05) is 13.1 Å². The first kappa shape index (κ1) is 26.9. The zero-order valence-corrected chi connectivity index (χ0v) is 22.1. The second-order valence-corrected chi connectivity index (χ2v) is 10.4. The van der Waals surface area contributed by atoms with Crippen molar-refractivity contribution in [1.82, 2.24) is 4.90 Å². The maximum absolute atomic E-state index is 10.4. The molecule has 1 saturated heterocycles. The van der Waals surface area contributed by atoms with Gasteiger partial charge < -0.3 is 10.6 Å². The lowest BCUT2D eigenvalue weighted by Gasteiger charge is -2.56. The smallest absolute Gasteiger partial charge is 0.115 e. The third-order valence-corrected chi connectivity index (χ3v) is 8.73. The number of benzene rings is 4. The van der Waals surface area contributed by atoms with Crippen LogP contribution in [-0.2, 0) is 11.8 Å². The Morgan fingerprint density at radius 1 is 0.838 bits per heavy atom. The molecule has 1 aliphatic heterocycles. The van der Waals surface area contributed by atoms with Crippen LogP contribution in [-0.4, -0.2) is 34.6 Å². The summed E-state index contributed by atoms with van der Waals surface area (Å²) in [6.07, 6.45) is 2.09. The first-order valence-corrected chi connectivity index (χ1v) is 12.9. The molecule has 0 aromatic heterocycles. The van der Waals surface area contributed by atoms with Gasteiger partial charge in [-0.2, -0.15) is 0 Å². The molecule has 0 saturated carbocycles. The van der Waals surface area contributed by atoms with Crippen molar-refractivity contribution in [3.8, 4) is 5.75 Å². The summed E-state index contributed by atoms with van der Waals surface area (Å²) in [7, 11) is 0. The molecule has 3 atom stereocenters. The first-order valence-electron chi connectivity index (χ1n) is 12.9. The quantitative estimate of drug-likeness (QED) is 0.337. The van der Waals surface area contributed by atoms with Crippen molar-refractivity contribution in [3.05, 3.63) is 137 Å². The van der Waals surface area contributed by atoms with E-state index in [0.717, 1.165) is 25.9 Å². The molecule has 3 unspecified atom stereocenters. The van der Waals surface area contributed by atoms with Crippen LogP contribution in [0.15, 0.2) is 109 Å². The van der Waals surface area contributed by atoms with E-state index in [-0.39, 0.29) is 23.3 Å². The summed E-state index contributed by atoms with van der Waals surface area (Å²) >= 11 is 0. The Hall–Kier alpha value is -3.11. The molecule has 3 N–H and O–H groups in total. The van der Waals surface area contributed by atoms with Crippen molar-refractivity contribution in [2.24, 2.45) is 5.92 Å². The van der Waals surface area contributed by atoms with Gasteiger partial charge in [-0.25, -0.2) is 0 Å². The molecule has 192 valence electrons. The Bertz CT molecular complexity index is 1260. The fourth-order valence-corrected chi connectivity index (χ4v) is 6.96. The Morgan fingerprint density at radius 2 is 1.41 bits per heavy atom. The predicted molar refractivity (Wildman–Crippen MR) is 154 cm³/mol. The maximum Gasteiger partial charge on any atom is 0.115 e. The molecule has 4 aromatic rings. The number of phenolic OH excluding ortho intramolecular Hbond substituents is 1. The molecule has 0 amide bonds. The Morgan fingerprint density at radius 3 is 2.00 bits per heavy atom. The maximum atomic E-state index is 10.4. The van der Waals surface area contributed by atoms with Crippen LogP contribution in [0.2, 0.25) is 0 Å². The summed E-state index contributed by atoms with van der Waals surface area (Å²) in [5, 5.41) is 10.4. The number of nitrogens with zero attached hydrogens (tertiary/aromatic N) is 1. The van der Waals surface area contributed by atoms with Crippen LogP contribution >= 0.6 is 12.4 Å². The summed E-state index contributed by atoms with van der Waals surface area (Å²) in [5.74, 6) is 1.16. The van der Waals surface area contributed by atoms with Crippen LogP contribution in [0.5, 0.6) is 5.75 Å². The highest BCUT2D eigenvalue weighted by molar-refractivity contribution is 5.85. The van der Waals surface area contributed by atoms with Crippen LogP contribution in [0.4, 0.5) is 0 Å². The summed E-state index contributed by atoms with van der Waals surface area (Å²) in [6.45, 7) is 4.51. The van der Waals surface area contributed by atoms with Crippen LogP contribution in [0, 0.1) is 5.92 Å².